The first-order valence-corrected chi connectivity index (χ1v) is 6.57. The molecule has 2 amide bonds. The summed E-state index contributed by atoms with van der Waals surface area (Å²) in [6, 6.07) is -0.517. The molecule has 0 saturated heterocycles. The number of amides is 2. The van der Waals surface area contributed by atoms with Crippen molar-refractivity contribution < 1.29 is 19.2 Å². The lowest BCUT2D eigenvalue weighted by Crippen LogP contribution is -2.56. The lowest BCUT2D eigenvalue weighted by molar-refractivity contribution is -0.144. The largest absolute Gasteiger partial charge is 0.480 e. The summed E-state index contributed by atoms with van der Waals surface area (Å²) in [6.07, 6.45) is 0.634. The summed E-state index contributed by atoms with van der Waals surface area (Å²) in [5.74, 6) is -0.395. The fraction of sp³-hybridized carbons (Fsp3) is 0.615. The molecular formula is C13H21N3O4. The first kappa shape index (κ1) is 16.0. The number of aromatic nitrogens is 1. The zero-order chi connectivity index (χ0) is 15.3. The van der Waals surface area contributed by atoms with Gasteiger partial charge in [-0.05, 0) is 26.7 Å². The highest BCUT2D eigenvalue weighted by Crippen LogP contribution is 2.15. The van der Waals surface area contributed by atoms with Crippen LogP contribution in [0.25, 0.3) is 0 Å². The summed E-state index contributed by atoms with van der Waals surface area (Å²) in [6.45, 7) is 7.24. The Morgan fingerprint density at radius 3 is 2.30 bits per heavy atom. The van der Waals surface area contributed by atoms with Crippen molar-refractivity contribution in [1.82, 2.24) is 15.8 Å². The van der Waals surface area contributed by atoms with Gasteiger partial charge in [-0.25, -0.2) is 9.59 Å². The number of carboxylic acid groups (broad SMARTS) is 1. The minimum absolute atomic E-state index is 0.246. The van der Waals surface area contributed by atoms with Crippen LogP contribution in [0.1, 0.15) is 43.7 Å². The van der Waals surface area contributed by atoms with Gasteiger partial charge < -0.3 is 20.3 Å². The molecule has 0 radical (unpaired) electrons. The minimum atomic E-state index is -1.23. The van der Waals surface area contributed by atoms with Crippen LogP contribution in [-0.2, 0) is 11.3 Å². The molecule has 0 spiro atoms. The van der Waals surface area contributed by atoms with Gasteiger partial charge in [0, 0.05) is 12.1 Å². The maximum absolute atomic E-state index is 11.9. The summed E-state index contributed by atoms with van der Waals surface area (Å²) in [7, 11) is 0. The minimum Gasteiger partial charge on any atom is -0.480 e. The van der Waals surface area contributed by atoms with Gasteiger partial charge in [-0.15, -0.1) is 0 Å². The second kappa shape index (κ2) is 6.40. The third kappa shape index (κ3) is 3.28. The molecule has 7 nitrogen and oxygen atoms in total. The standard InChI is InChI=1S/C13H21N3O4/c1-5-13(6-2,11(17)18)15-12(19)14-7-10-8(3)16-20-9(10)4/h5-7H2,1-4H3,(H,17,18)(H2,14,15,19). The highest BCUT2D eigenvalue weighted by Gasteiger charge is 2.36. The van der Waals surface area contributed by atoms with E-state index in [-0.39, 0.29) is 6.54 Å². The van der Waals surface area contributed by atoms with Gasteiger partial charge in [0.1, 0.15) is 11.3 Å². The number of hydrogen-bond donors (Lipinski definition) is 3. The summed E-state index contributed by atoms with van der Waals surface area (Å²) in [5, 5.41) is 18.2. The molecule has 1 aromatic heterocycles. The molecule has 20 heavy (non-hydrogen) atoms. The van der Waals surface area contributed by atoms with Crippen molar-refractivity contribution >= 4 is 12.0 Å². The lowest BCUT2D eigenvalue weighted by atomic mass is 9.93. The molecule has 0 atom stereocenters. The lowest BCUT2D eigenvalue weighted by Gasteiger charge is -2.28. The van der Waals surface area contributed by atoms with Crippen LogP contribution < -0.4 is 10.6 Å². The van der Waals surface area contributed by atoms with Crippen LogP contribution in [0, 0.1) is 13.8 Å². The Morgan fingerprint density at radius 1 is 1.30 bits per heavy atom. The highest BCUT2D eigenvalue weighted by atomic mass is 16.5. The van der Waals surface area contributed by atoms with Gasteiger partial charge in [-0.2, -0.15) is 0 Å². The first-order chi connectivity index (χ1) is 9.36. The number of carboxylic acids is 1. The molecule has 1 rings (SSSR count). The Kier molecular flexibility index (Phi) is 5.12. The van der Waals surface area contributed by atoms with E-state index in [1.165, 1.54) is 0 Å². The molecule has 7 heteroatoms. The van der Waals surface area contributed by atoms with E-state index in [9.17, 15) is 14.7 Å². The van der Waals surface area contributed by atoms with Crippen molar-refractivity contribution in [3.8, 4) is 0 Å². The summed E-state index contributed by atoms with van der Waals surface area (Å²) < 4.78 is 4.99. The van der Waals surface area contributed by atoms with Crippen molar-refractivity contribution in [2.24, 2.45) is 0 Å². The molecule has 0 aliphatic rings. The van der Waals surface area contributed by atoms with E-state index in [1.807, 2.05) is 0 Å². The Morgan fingerprint density at radius 2 is 1.90 bits per heavy atom. The topological polar surface area (TPSA) is 104 Å². The number of nitrogens with one attached hydrogen (secondary N) is 2. The monoisotopic (exact) mass is 283 g/mol. The van der Waals surface area contributed by atoms with E-state index < -0.39 is 17.5 Å². The van der Waals surface area contributed by atoms with Crippen LogP contribution >= 0.6 is 0 Å². The second-order valence-corrected chi connectivity index (χ2v) is 4.70. The fourth-order valence-corrected chi connectivity index (χ4v) is 1.97. The Bertz CT molecular complexity index is 472. The van der Waals surface area contributed by atoms with Gasteiger partial charge in [0.25, 0.3) is 0 Å². The van der Waals surface area contributed by atoms with Crippen LogP contribution in [0.5, 0.6) is 0 Å². The maximum Gasteiger partial charge on any atom is 0.329 e. The number of rotatable bonds is 6. The van der Waals surface area contributed by atoms with E-state index in [0.717, 1.165) is 5.56 Å². The number of aliphatic carboxylic acids is 1. The number of aryl methyl sites for hydroxylation is 2. The number of carbonyl (C=O) groups is 2. The van der Waals surface area contributed by atoms with Gasteiger partial charge in [0.05, 0.1) is 5.69 Å². The quantitative estimate of drug-likeness (QED) is 0.737. The molecule has 0 saturated carbocycles. The van der Waals surface area contributed by atoms with Gasteiger partial charge in [0.2, 0.25) is 0 Å². The average molecular weight is 283 g/mol. The van der Waals surface area contributed by atoms with Crippen molar-refractivity contribution in [2.45, 2.75) is 52.6 Å². The van der Waals surface area contributed by atoms with E-state index >= 15 is 0 Å². The van der Waals surface area contributed by atoms with Crippen molar-refractivity contribution in [3.63, 3.8) is 0 Å². The van der Waals surface area contributed by atoms with Crippen LogP contribution in [0.2, 0.25) is 0 Å². The summed E-state index contributed by atoms with van der Waals surface area (Å²) in [5.41, 5.74) is 0.273. The highest BCUT2D eigenvalue weighted by molar-refractivity contribution is 5.86. The van der Waals surface area contributed by atoms with Crippen molar-refractivity contribution in [1.29, 1.82) is 0 Å². The molecule has 0 aliphatic carbocycles. The predicted molar refractivity (Wildman–Crippen MR) is 72.3 cm³/mol. The zero-order valence-corrected chi connectivity index (χ0v) is 12.2. The Labute approximate surface area is 117 Å². The molecule has 112 valence electrons. The molecule has 3 N–H and O–H groups in total. The molecule has 1 heterocycles. The summed E-state index contributed by atoms with van der Waals surface area (Å²) >= 11 is 0. The van der Waals surface area contributed by atoms with Gasteiger partial charge in [-0.3, -0.25) is 0 Å². The van der Waals surface area contributed by atoms with E-state index in [0.29, 0.717) is 24.3 Å². The Balaban J connectivity index is 2.66. The third-order valence-corrected chi connectivity index (χ3v) is 3.58. The maximum atomic E-state index is 11.9. The van der Waals surface area contributed by atoms with E-state index in [1.54, 1.807) is 27.7 Å². The predicted octanol–water partition coefficient (Wildman–Crippen LogP) is 1.73. The van der Waals surface area contributed by atoms with Crippen LogP contribution in [-0.4, -0.2) is 27.8 Å². The molecule has 0 fully saturated rings. The first-order valence-electron chi connectivity index (χ1n) is 6.57. The number of urea groups is 1. The number of nitrogens with zero attached hydrogens (tertiary/aromatic N) is 1. The Hall–Kier alpha value is -2.05. The van der Waals surface area contributed by atoms with E-state index in [4.69, 9.17) is 4.52 Å². The molecule has 0 aromatic carbocycles. The van der Waals surface area contributed by atoms with Crippen molar-refractivity contribution in [2.75, 3.05) is 0 Å². The van der Waals surface area contributed by atoms with Crippen LogP contribution in [0.15, 0.2) is 4.52 Å². The van der Waals surface area contributed by atoms with Crippen molar-refractivity contribution in [3.05, 3.63) is 17.0 Å². The third-order valence-electron chi connectivity index (χ3n) is 3.58. The summed E-state index contributed by atoms with van der Waals surface area (Å²) in [4.78, 5) is 23.2. The van der Waals surface area contributed by atoms with Crippen LogP contribution in [0.3, 0.4) is 0 Å². The second-order valence-electron chi connectivity index (χ2n) is 4.70. The number of carbonyl (C=O) groups excluding carboxylic acids is 1. The van der Waals surface area contributed by atoms with Gasteiger partial charge in [0.15, 0.2) is 0 Å². The number of hydrogen-bond acceptors (Lipinski definition) is 4. The molecular weight excluding hydrogens is 262 g/mol. The normalized spacial score (nSPS) is 11.2. The molecule has 0 bridgehead atoms. The molecule has 0 unspecified atom stereocenters. The molecule has 1 aromatic rings. The van der Waals surface area contributed by atoms with Gasteiger partial charge in [-0.1, -0.05) is 19.0 Å². The fourth-order valence-electron chi connectivity index (χ4n) is 1.97. The van der Waals surface area contributed by atoms with Crippen LogP contribution in [0.4, 0.5) is 4.79 Å². The molecule has 0 aliphatic heterocycles. The smallest absolute Gasteiger partial charge is 0.329 e. The SMILES string of the molecule is CCC(CC)(NC(=O)NCc1c(C)noc1C)C(=O)O. The van der Waals surface area contributed by atoms with Gasteiger partial charge >= 0.3 is 12.0 Å². The average Bonchev–Trinajstić information content (AvgIpc) is 2.73. The van der Waals surface area contributed by atoms with E-state index in [2.05, 4.69) is 15.8 Å². The zero-order valence-electron chi connectivity index (χ0n) is 12.2.